The summed E-state index contributed by atoms with van der Waals surface area (Å²) in [6, 6.07) is 0. The lowest BCUT2D eigenvalue weighted by atomic mass is 10.1. The minimum Gasteiger partial charge on any atom is -1.00 e. The number of hydrogen-bond acceptors (Lipinski definition) is 4. The Morgan fingerprint density at radius 3 is 0.957 bits per heavy atom. The lowest BCUT2D eigenvalue weighted by Crippen LogP contribution is -3.00. The molecule has 0 aromatic heterocycles. The van der Waals surface area contributed by atoms with Crippen molar-refractivity contribution in [2.24, 2.45) is 0 Å². The van der Waals surface area contributed by atoms with E-state index in [0.29, 0.717) is 0 Å². The number of hydrogen-bond donors (Lipinski definition) is 1. The molecule has 0 radical (unpaired) electrons. The first-order valence-electron chi connectivity index (χ1n) is 8.73. The van der Waals surface area contributed by atoms with E-state index in [-0.39, 0.29) is 24.0 Å². The molecule has 0 aromatic rings. The Morgan fingerprint density at radius 1 is 0.652 bits per heavy atom. The van der Waals surface area contributed by atoms with Gasteiger partial charge in [-0.15, -0.1) is 0 Å². The first kappa shape index (κ1) is 28.6. The Labute approximate surface area is 162 Å². The maximum Gasteiger partial charge on any atom is 0.0786 e. The average Bonchev–Trinajstić information content (AvgIpc) is 2.44. The molecule has 0 rings (SSSR count). The van der Waals surface area contributed by atoms with E-state index in [1.165, 1.54) is 82.0 Å². The molecule has 0 fully saturated rings. The largest absolute Gasteiger partial charge is 1.00 e. The normalized spacial score (nSPS) is 11.5. The summed E-state index contributed by atoms with van der Waals surface area (Å²) in [7, 11) is -4.69. The Kier molecular flexibility index (Phi) is 21.9. The third-order valence-electron chi connectivity index (χ3n) is 3.94. The molecule has 23 heavy (non-hydrogen) atoms. The maximum absolute atomic E-state index is 8.60. The number of quaternary nitrogens is 1. The SMILES string of the molecule is CCCC[N+](CCCC)(CCCC)CCCC.[I-].[O-][Cl+3]([O-])([O-])O. The molecule has 0 aliphatic carbocycles. The van der Waals surface area contributed by atoms with E-state index in [9.17, 15) is 0 Å². The van der Waals surface area contributed by atoms with E-state index in [0.717, 1.165) is 0 Å². The number of unbranched alkanes of at least 4 members (excludes halogenated alkanes) is 4. The van der Waals surface area contributed by atoms with Crippen LogP contribution in [-0.2, 0) is 0 Å². The molecule has 0 unspecified atom stereocenters. The smallest absolute Gasteiger partial charge is 0.0786 e. The number of nitrogens with zero attached hydrogens (tertiary/aromatic N) is 1. The van der Waals surface area contributed by atoms with Crippen molar-refractivity contribution < 1.29 is 57.3 Å². The van der Waals surface area contributed by atoms with Crippen molar-refractivity contribution in [1.82, 2.24) is 0 Å². The maximum atomic E-state index is 8.60. The van der Waals surface area contributed by atoms with Gasteiger partial charge >= 0.3 is 0 Å². The Hall–Kier alpha value is 0.820. The fraction of sp³-hybridized carbons (Fsp3) is 1.00. The van der Waals surface area contributed by atoms with Gasteiger partial charge in [0.1, 0.15) is 0 Å². The zero-order valence-electron chi connectivity index (χ0n) is 15.4. The van der Waals surface area contributed by atoms with Crippen molar-refractivity contribution in [1.29, 1.82) is 0 Å². The lowest BCUT2D eigenvalue weighted by molar-refractivity contribution is -1.92. The minimum atomic E-state index is -4.69. The zero-order valence-corrected chi connectivity index (χ0v) is 18.3. The van der Waals surface area contributed by atoms with Crippen molar-refractivity contribution in [3.63, 3.8) is 0 Å². The van der Waals surface area contributed by atoms with Gasteiger partial charge < -0.3 is 28.5 Å². The summed E-state index contributed by atoms with van der Waals surface area (Å²) < 4.78 is 34.1. The number of halogens is 2. The van der Waals surface area contributed by atoms with E-state index >= 15 is 0 Å². The molecule has 0 saturated heterocycles. The van der Waals surface area contributed by atoms with Gasteiger partial charge in [0.25, 0.3) is 0 Å². The summed E-state index contributed by atoms with van der Waals surface area (Å²) >= 11 is 0. The first-order valence-corrected chi connectivity index (χ1v) is 9.99. The van der Waals surface area contributed by atoms with Gasteiger partial charge in [-0.3, -0.25) is 0 Å². The minimum absolute atomic E-state index is 0. The highest BCUT2D eigenvalue weighted by molar-refractivity contribution is 4.49. The summed E-state index contributed by atoms with van der Waals surface area (Å²) in [6.45, 7) is 15.0. The molecule has 144 valence electrons. The highest BCUT2D eigenvalue weighted by Crippen LogP contribution is 2.16. The molecule has 0 heterocycles. The highest BCUT2D eigenvalue weighted by atomic mass is 127. The quantitative estimate of drug-likeness (QED) is 0.262. The lowest BCUT2D eigenvalue weighted by Gasteiger charge is -2.39. The van der Waals surface area contributed by atoms with Crippen molar-refractivity contribution in [2.45, 2.75) is 79.1 Å². The molecule has 0 aromatic carbocycles. The summed E-state index contributed by atoms with van der Waals surface area (Å²) in [5, 5.41) is 0. The molecule has 0 amide bonds. The molecule has 0 aliphatic heterocycles. The molecule has 0 aliphatic rings. The standard InChI is InChI=1S/C16H36N.ClHO4.HI/c1-5-9-13-17(14-10-6-2,15-11-7-3)16-12-8-4;2-1(3,4)5;/h5-16H2,1-4H3;(H,2,3,4,5);1H/q+1;;/p-1. The molecule has 5 nitrogen and oxygen atoms in total. The van der Waals surface area contributed by atoms with Crippen LogP contribution in [0.25, 0.3) is 0 Å². The van der Waals surface area contributed by atoms with Crippen molar-refractivity contribution in [3.8, 4) is 0 Å². The molecule has 0 saturated carbocycles. The third kappa shape index (κ3) is 22.8. The van der Waals surface area contributed by atoms with E-state index in [1.807, 2.05) is 0 Å². The van der Waals surface area contributed by atoms with Gasteiger partial charge in [0.2, 0.25) is 0 Å². The first-order chi connectivity index (χ1) is 10.2. The fourth-order valence-corrected chi connectivity index (χ4v) is 2.64. The second-order valence-electron chi connectivity index (χ2n) is 6.05. The highest BCUT2D eigenvalue weighted by Gasteiger charge is 2.24. The van der Waals surface area contributed by atoms with Crippen LogP contribution < -0.4 is 38.0 Å². The van der Waals surface area contributed by atoms with E-state index in [2.05, 4.69) is 27.7 Å². The molecular weight excluding hydrogens is 433 g/mol. The van der Waals surface area contributed by atoms with Crippen LogP contribution in [0.3, 0.4) is 0 Å². The zero-order chi connectivity index (χ0) is 17.5. The fourth-order valence-electron chi connectivity index (χ4n) is 2.64. The van der Waals surface area contributed by atoms with Crippen LogP contribution in [0.5, 0.6) is 0 Å². The van der Waals surface area contributed by atoms with Crippen molar-refractivity contribution in [2.75, 3.05) is 26.2 Å². The van der Waals surface area contributed by atoms with Gasteiger partial charge in [-0.05, 0) is 25.7 Å². The van der Waals surface area contributed by atoms with Crippen LogP contribution in [-0.4, -0.2) is 35.3 Å². The summed E-state index contributed by atoms with van der Waals surface area (Å²) in [5.74, 6) is 0. The molecule has 1 N–H and O–H groups in total. The van der Waals surface area contributed by atoms with Crippen molar-refractivity contribution in [3.05, 3.63) is 0 Å². The monoisotopic (exact) mass is 469 g/mol. The van der Waals surface area contributed by atoms with Gasteiger partial charge in [-0.2, -0.15) is 14.0 Å². The Bertz CT molecular complexity index is 197. The van der Waals surface area contributed by atoms with Crippen LogP contribution in [0, 0.1) is 10.2 Å². The summed E-state index contributed by atoms with van der Waals surface area (Å²) in [4.78, 5) is 0. The topological polar surface area (TPSA) is 89.4 Å². The summed E-state index contributed by atoms with van der Waals surface area (Å²) in [6.07, 6.45) is 11.1. The summed E-state index contributed by atoms with van der Waals surface area (Å²) in [5.41, 5.74) is 0. The molecule has 0 atom stereocenters. The molecule has 0 spiro atoms. The van der Waals surface area contributed by atoms with Crippen LogP contribution in [0.4, 0.5) is 0 Å². The molecular formula is C16H37ClINO4. The molecule has 7 heteroatoms. The Morgan fingerprint density at radius 2 is 0.826 bits per heavy atom. The predicted molar refractivity (Wildman–Crippen MR) is 81.6 cm³/mol. The molecule has 0 bridgehead atoms. The van der Waals surface area contributed by atoms with Crippen molar-refractivity contribution >= 4 is 0 Å². The van der Waals surface area contributed by atoms with E-state index < -0.39 is 10.2 Å². The second kappa shape index (κ2) is 17.6. The van der Waals surface area contributed by atoms with Gasteiger partial charge in [-0.25, -0.2) is 0 Å². The van der Waals surface area contributed by atoms with Crippen LogP contribution in [0.15, 0.2) is 0 Å². The second-order valence-corrected chi connectivity index (χ2v) is 6.84. The van der Waals surface area contributed by atoms with Crippen LogP contribution in [0.2, 0.25) is 0 Å². The van der Waals surface area contributed by atoms with Crippen LogP contribution >= 0.6 is 0 Å². The third-order valence-corrected chi connectivity index (χ3v) is 3.94. The van der Waals surface area contributed by atoms with Gasteiger partial charge in [-0.1, -0.05) is 53.4 Å². The van der Waals surface area contributed by atoms with E-state index in [1.54, 1.807) is 0 Å². The van der Waals surface area contributed by atoms with Gasteiger partial charge in [0.05, 0.1) is 41.1 Å². The number of rotatable bonds is 12. The van der Waals surface area contributed by atoms with Crippen LogP contribution in [0.1, 0.15) is 79.1 Å². The average molecular weight is 470 g/mol. The van der Waals surface area contributed by atoms with E-state index in [4.69, 9.17) is 18.6 Å². The Balaban J connectivity index is -0.000000578. The van der Waals surface area contributed by atoms with Gasteiger partial charge in [0.15, 0.2) is 0 Å². The predicted octanol–water partition coefficient (Wildman–Crippen LogP) is -2.12. The van der Waals surface area contributed by atoms with Gasteiger partial charge in [0, 0.05) is 0 Å².